The minimum atomic E-state index is -0.294. The van der Waals surface area contributed by atoms with Crippen molar-refractivity contribution in [2.24, 2.45) is 11.8 Å². The monoisotopic (exact) mass is 503 g/mol. The minimum Gasteiger partial charge on any atom is -0.346 e. The van der Waals surface area contributed by atoms with Gasteiger partial charge in [0.05, 0.1) is 5.69 Å². The number of fused-ring (bicyclic) bond motifs is 2. The van der Waals surface area contributed by atoms with E-state index in [4.69, 9.17) is 4.98 Å². The molecular formula is C26H38FN5O2S. The SMILES string of the molecule is C.C.CC[C@H]1C(=O)Nc2c(C)nc(CC3CC(CN4Cc5cc(F)ccc5C4=O)C3)nc2N1C.S. The largest absolute Gasteiger partial charge is 0.346 e. The Morgan fingerprint density at radius 2 is 1.86 bits per heavy atom. The number of hydrogen-bond acceptors (Lipinski definition) is 5. The van der Waals surface area contributed by atoms with E-state index in [1.165, 1.54) is 12.1 Å². The van der Waals surface area contributed by atoms with Crippen molar-refractivity contribution in [3.8, 4) is 0 Å². The van der Waals surface area contributed by atoms with Crippen molar-refractivity contribution < 1.29 is 14.0 Å². The number of carbonyl (C=O) groups is 2. The van der Waals surface area contributed by atoms with Gasteiger partial charge in [0, 0.05) is 32.1 Å². The lowest BCUT2D eigenvalue weighted by Gasteiger charge is -2.38. The molecule has 3 aliphatic rings. The summed E-state index contributed by atoms with van der Waals surface area (Å²) in [6, 6.07) is 4.20. The summed E-state index contributed by atoms with van der Waals surface area (Å²) in [6.07, 6.45) is 3.56. The second-order valence-electron chi connectivity index (χ2n) is 9.34. The molecule has 2 aromatic rings. The van der Waals surface area contributed by atoms with Gasteiger partial charge in [0.25, 0.3) is 5.91 Å². The molecule has 1 fully saturated rings. The zero-order chi connectivity index (χ0) is 22.6. The van der Waals surface area contributed by atoms with E-state index in [1.807, 2.05) is 30.7 Å². The van der Waals surface area contributed by atoms with Gasteiger partial charge < -0.3 is 15.1 Å². The van der Waals surface area contributed by atoms with Crippen LogP contribution in [0, 0.1) is 24.6 Å². The smallest absolute Gasteiger partial charge is 0.254 e. The predicted octanol–water partition coefficient (Wildman–Crippen LogP) is 4.70. The zero-order valence-corrected chi connectivity index (χ0v) is 20.2. The van der Waals surface area contributed by atoms with E-state index in [2.05, 4.69) is 10.3 Å². The molecule has 9 heteroatoms. The summed E-state index contributed by atoms with van der Waals surface area (Å²) in [7, 11) is 1.91. The van der Waals surface area contributed by atoms with Gasteiger partial charge in [0.2, 0.25) is 5.91 Å². The van der Waals surface area contributed by atoms with Crippen LogP contribution in [-0.4, -0.2) is 46.3 Å². The van der Waals surface area contributed by atoms with Crippen molar-refractivity contribution in [1.29, 1.82) is 0 Å². The van der Waals surface area contributed by atoms with Crippen LogP contribution >= 0.6 is 13.5 Å². The van der Waals surface area contributed by atoms with Crippen molar-refractivity contribution in [1.82, 2.24) is 14.9 Å². The zero-order valence-electron chi connectivity index (χ0n) is 19.2. The molecule has 0 saturated heterocycles. The average molecular weight is 504 g/mol. The normalized spacial score (nSPS) is 22.1. The fourth-order valence-electron chi connectivity index (χ4n) is 5.35. The fraction of sp³-hybridized carbons (Fsp3) is 0.538. The van der Waals surface area contributed by atoms with E-state index in [0.29, 0.717) is 36.2 Å². The maximum Gasteiger partial charge on any atom is 0.254 e. The highest BCUT2D eigenvalue weighted by Crippen LogP contribution is 2.39. The molecule has 7 nitrogen and oxygen atoms in total. The van der Waals surface area contributed by atoms with Gasteiger partial charge in [-0.1, -0.05) is 21.8 Å². The molecule has 1 aromatic heterocycles. The van der Waals surface area contributed by atoms with E-state index in [1.54, 1.807) is 6.07 Å². The second kappa shape index (κ2) is 10.9. The molecule has 0 bridgehead atoms. The molecule has 0 spiro atoms. The van der Waals surface area contributed by atoms with Crippen LogP contribution in [0.3, 0.4) is 0 Å². The minimum absolute atomic E-state index is 0. The van der Waals surface area contributed by atoms with Crippen LogP contribution in [-0.2, 0) is 17.8 Å². The summed E-state index contributed by atoms with van der Waals surface area (Å²) < 4.78 is 13.5. The lowest BCUT2D eigenvalue weighted by atomic mass is 9.73. The highest BCUT2D eigenvalue weighted by atomic mass is 32.1. The van der Waals surface area contributed by atoms with Crippen molar-refractivity contribution in [3.63, 3.8) is 0 Å². The summed E-state index contributed by atoms with van der Waals surface area (Å²) in [4.78, 5) is 38.1. The van der Waals surface area contributed by atoms with Gasteiger partial charge >= 0.3 is 0 Å². The van der Waals surface area contributed by atoms with Crippen LogP contribution in [0.25, 0.3) is 0 Å². The maximum absolute atomic E-state index is 13.5. The van der Waals surface area contributed by atoms with Crippen LogP contribution in [0.4, 0.5) is 15.9 Å². The van der Waals surface area contributed by atoms with Crippen LogP contribution in [0.5, 0.6) is 0 Å². The quantitative estimate of drug-likeness (QED) is 0.640. The summed E-state index contributed by atoms with van der Waals surface area (Å²) in [6.45, 7) is 5.11. The van der Waals surface area contributed by atoms with E-state index in [9.17, 15) is 14.0 Å². The first-order chi connectivity index (χ1) is 15.3. The number of likely N-dealkylation sites (N-methyl/N-ethyl adjacent to an activating group) is 1. The molecule has 1 atom stereocenters. The van der Waals surface area contributed by atoms with Crippen molar-refractivity contribution in [2.45, 2.75) is 67.0 Å². The van der Waals surface area contributed by atoms with Crippen LogP contribution in [0.15, 0.2) is 18.2 Å². The Labute approximate surface area is 215 Å². The van der Waals surface area contributed by atoms with Crippen molar-refractivity contribution in [2.75, 3.05) is 23.8 Å². The summed E-state index contributed by atoms with van der Waals surface area (Å²) >= 11 is 0. The number of aromatic nitrogens is 2. The third kappa shape index (κ3) is 5.15. The molecule has 1 saturated carbocycles. The number of carbonyl (C=O) groups excluding carboxylic acids is 2. The summed E-state index contributed by atoms with van der Waals surface area (Å²) in [5.41, 5.74) is 2.91. The number of halogens is 1. The molecule has 5 rings (SSSR count). The van der Waals surface area contributed by atoms with E-state index in [-0.39, 0.29) is 52.0 Å². The Hall–Kier alpha value is -2.68. The molecule has 0 radical (unpaired) electrons. The standard InChI is InChI=1S/C24H28FN5O2.2CH4.H2S/c1-4-19-23(31)28-21-13(2)26-20(27-22(21)29(19)3)9-14-7-15(8-14)11-30-12-16-10-17(25)5-6-18(16)24(30)32;;;/h5-6,10,14-15,19H,4,7-9,11-12H2,1-3H3,(H,28,31);2*1H4;1H2/t14?,15?,19-;;;/m0.../s1. The summed E-state index contributed by atoms with van der Waals surface area (Å²) in [5.74, 6) is 2.24. The third-order valence-corrected chi connectivity index (χ3v) is 7.09. The van der Waals surface area contributed by atoms with Gasteiger partial charge in [0.15, 0.2) is 5.82 Å². The lowest BCUT2D eigenvalue weighted by Crippen LogP contribution is -2.46. The molecule has 1 aliphatic carbocycles. The topological polar surface area (TPSA) is 78.4 Å². The Morgan fingerprint density at radius 3 is 2.54 bits per heavy atom. The molecule has 2 amide bonds. The first-order valence-corrected chi connectivity index (χ1v) is 11.3. The number of nitrogens with zero attached hydrogens (tertiary/aromatic N) is 4. The lowest BCUT2D eigenvalue weighted by molar-refractivity contribution is -0.117. The van der Waals surface area contributed by atoms with Gasteiger partial charge in [-0.05, 0) is 61.8 Å². The number of amides is 2. The molecule has 2 aliphatic heterocycles. The highest BCUT2D eigenvalue weighted by Gasteiger charge is 2.36. The molecule has 1 aromatic carbocycles. The van der Waals surface area contributed by atoms with Gasteiger partial charge in [0.1, 0.15) is 23.4 Å². The number of benzene rings is 1. The van der Waals surface area contributed by atoms with Gasteiger partial charge in [-0.3, -0.25) is 9.59 Å². The van der Waals surface area contributed by atoms with E-state index >= 15 is 0 Å². The van der Waals surface area contributed by atoms with Crippen molar-refractivity contribution >= 4 is 36.8 Å². The fourth-order valence-corrected chi connectivity index (χ4v) is 5.35. The second-order valence-corrected chi connectivity index (χ2v) is 9.34. The molecule has 35 heavy (non-hydrogen) atoms. The van der Waals surface area contributed by atoms with E-state index in [0.717, 1.165) is 48.6 Å². The Morgan fingerprint density at radius 1 is 1.14 bits per heavy atom. The Balaban J connectivity index is 0.00000144. The number of hydrogen-bond donors (Lipinski definition) is 1. The maximum atomic E-state index is 13.5. The highest BCUT2D eigenvalue weighted by molar-refractivity contribution is 7.59. The predicted molar refractivity (Wildman–Crippen MR) is 143 cm³/mol. The van der Waals surface area contributed by atoms with Gasteiger partial charge in [-0.25, -0.2) is 14.4 Å². The number of rotatable bonds is 5. The molecule has 0 unspecified atom stereocenters. The molecule has 3 heterocycles. The Bertz CT molecular complexity index is 1110. The summed E-state index contributed by atoms with van der Waals surface area (Å²) in [5, 5.41) is 2.96. The van der Waals surface area contributed by atoms with Gasteiger partial charge in [-0.15, -0.1) is 0 Å². The number of anilines is 2. The Kier molecular flexibility index (Phi) is 8.92. The number of aryl methyl sites for hydroxylation is 1. The molecule has 1 N–H and O–H groups in total. The average Bonchev–Trinajstić information content (AvgIpc) is 3.02. The van der Waals surface area contributed by atoms with E-state index < -0.39 is 0 Å². The molecular weight excluding hydrogens is 465 g/mol. The first-order valence-electron chi connectivity index (χ1n) is 11.3. The van der Waals surface area contributed by atoms with Gasteiger partial charge in [-0.2, -0.15) is 13.5 Å². The van der Waals surface area contributed by atoms with Crippen LogP contribution in [0.1, 0.15) is 68.5 Å². The van der Waals surface area contributed by atoms with Crippen LogP contribution < -0.4 is 10.2 Å². The third-order valence-electron chi connectivity index (χ3n) is 7.09. The first kappa shape index (κ1) is 28.6. The van der Waals surface area contributed by atoms with Crippen molar-refractivity contribution in [3.05, 3.63) is 46.7 Å². The number of nitrogens with one attached hydrogen (secondary N) is 1. The molecule has 192 valence electrons. The van der Waals surface area contributed by atoms with Crippen LogP contribution in [0.2, 0.25) is 0 Å².